The average Bonchev–Trinajstić information content (AvgIpc) is 3.39. The summed E-state index contributed by atoms with van der Waals surface area (Å²) < 4.78 is 5.73. The number of nitrogens with one attached hydrogen (secondary N) is 1. The maximum Gasteiger partial charge on any atom is 0.312 e. The molecular formula is C27H23Cl2N3O5. The third-order valence-corrected chi connectivity index (χ3v) is 7.41. The number of anilines is 2. The fourth-order valence-electron chi connectivity index (χ4n) is 4.93. The SMILES string of the molecule is CC1(C)C2=C(C(=O)N1Cc1ccccc1)C(c1ccco1)N(C(=O)CC(=O)O)c1cc(Cl)c(Cl)cc1N2. The molecule has 2 aromatic carbocycles. The lowest BCUT2D eigenvalue weighted by atomic mass is 9.95. The van der Waals surface area contributed by atoms with Crippen molar-refractivity contribution in [2.75, 3.05) is 10.2 Å². The van der Waals surface area contributed by atoms with Crippen LogP contribution in [0.15, 0.2) is 76.5 Å². The molecule has 0 spiro atoms. The Balaban J connectivity index is 1.74. The standard InChI is InChI=1S/C27H23Cl2N3O5/c1-27(2)25-23(26(36)31(27)14-15-7-4-3-5-8-15)24(20-9-6-10-37-20)32(21(33)13-22(34)35)19-12-17(29)16(28)11-18(19)30-25/h3-12,24,30H,13-14H2,1-2H3,(H,34,35). The van der Waals surface area contributed by atoms with Crippen molar-refractivity contribution in [1.29, 1.82) is 0 Å². The van der Waals surface area contributed by atoms with E-state index in [-0.39, 0.29) is 27.2 Å². The van der Waals surface area contributed by atoms with E-state index in [9.17, 15) is 19.5 Å². The molecule has 0 radical (unpaired) electrons. The molecule has 3 aromatic rings. The van der Waals surface area contributed by atoms with Crippen LogP contribution >= 0.6 is 23.2 Å². The number of fused-ring (bicyclic) bond motifs is 1. The lowest BCUT2D eigenvalue weighted by Gasteiger charge is -2.36. The first-order chi connectivity index (χ1) is 17.6. The summed E-state index contributed by atoms with van der Waals surface area (Å²) in [6.07, 6.45) is 0.640. The number of hydrogen-bond acceptors (Lipinski definition) is 5. The van der Waals surface area contributed by atoms with Gasteiger partial charge in [-0.3, -0.25) is 19.3 Å². The quantitative estimate of drug-likeness (QED) is 0.407. The Kier molecular flexibility index (Phi) is 6.25. The Morgan fingerprint density at radius 2 is 1.78 bits per heavy atom. The van der Waals surface area contributed by atoms with Crippen molar-refractivity contribution < 1.29 is 23.9 Å². The summed E-state index contributed by atoms with van der Waals surface area (Å²) in [4.78, 5) is 42.3. The van der Waals surface area contributed by atoms with Crippen LogP contribution in [0.25, 0.3) is 0 Å². The largest absolute Gasteiger partial charge is 0.481 e. The van der Waals surface area contributed by atoms with Crippen molar-refractivity contribution in [3.8, 4) is 0 Å². The van der Waals surface area contributed by atoms with E-state index in [1.165, 1.54) is 17.2 Å². The van der Waals surface area contributed by atoms with Gasteiger partial charge in [0.15, 0.2) is 0 Å². The van der Waals surface area contributed by atoms with Crippen LogP contribution in [0, 0.1) is 0 Å². The molecule has 2 amide bonds. The molecule has 0 aliphatic carbocycles. The van der Waals surface area contributed by atoms with Crippen LogP contribution in [0.4, 0.5) is 11.4 Å². The van der Waals surface area contributed by atoms with Crippen molar-refractivity contribution >= 4 is 52.4 Å². The molecule has 8 nitrogen and oxygen atoms in total. The van der Waals surface area contributed by atoms with E-state index < -0.39 is 29.9 Å². The number of furan rings is 1. The molecule has 10 heteroatoms. The van der Waals surface area contributed by atoms with Crippen LogP contribution in [0.2, 0.25) is 10.0 Å². The minimum absolute atomic E-state index is 0.173. The smallest absolute Gasteiger partial charge is 0.312 e. The number of aliphatic carboxylic acids is 1. The Morgan fingerprint density at radius 1 is 1.08 bits per heavy atom. The highest BCUT2D eigenvalue weighted by molar-refractivity contribution is 6.42. The first-order valence-electron chi connectivity index (χ1n) is 11.5. The molecule has 5 rings (SSSR count). The molecule has 2 aliphatic heterocycles. The van der Waals surface area contributed by atoms with Crippen LogP contribution in [0.1, 0.15) is 37.6 Å². The highest BCUT2D eigenvalue weighted by atomic mass is 35.5. The van der Waals surface area contributed by atoms with Crippen LogP contribution < -0.4 is 10.2 Å². The predicted octanol–water partition coefficient (Wildman–Crippen LogP) is 5.64. The van der Waals surface area contributed by atoms with E-state index in [2.05, 4.69) is 5.32 Å². The zero-order valence-electron chi connectivity index (χ0n) is 20.0. The van der Waals surface area contributed by atoms with E-state index in [4.69, 9.17) is 27.6 Å². The summed E-state index contributed by atoms with van der Waals surface area (Å²) in [5, 5.41) is 13.2. The summed E-state index contributed by atoms with van der Waals surface area (Å²) in [5.41, 5.74) is 1.64. The molecule has 1 unspecified atom stereocenters. The maximum absolute atomic E-state index is 14.2. The Labute approximate surface area is 223 Å². The van der Waals surface area contributed by atoms with E-state index >= 15 is 0 Å². The number of hydrogen-bond donors (Lipinski definition) is 2. The topological polar surface area (TPSA) is 103 Å². The summed E-state index contributed by atoms with van der Waals surface area (Å²) in [7, 11) is 0. The fraction of sp³-hybridized carbons (Fsp3) is 0.222. The van der Waals surface area contributed by atoms with Crippen LogP contribution in [0.5, 0.6) is 0 Å². The summed E-state index contributed by atoms with van der Waals surface area (Å²) >= 11 is 12.7. The molecule has 2 N–H and O–H groups in total. The average molecular weight is 540 g/mol. The predicted molar refractivity (Wildman–Crippen MR) is 139 cm³/mol. The lowest BCUT2D eigenvalue weighted by Crippen LogP contribution is -2.45. The minimum Gasteiger partial charge on any atom is -0.481 e. The number of carboxylic acids is 1. The third-order valence-electron chi connectivity index (χ3n) is 6.69. The second-order valence-electron chi connectivity index (χ2n) is 9.39. The van der Waals surface area contributed by atoms with Crippen molar-refractivity contribution in [3.63, 3.8) is 0 Å². The molecule has 37 heavy (non-hydrogen) atoms. The van der Waals surface area contributed by atoms with Gasteiger partial charge in [-0.1, -0.05) is 53.5 Å². The molecule has 3 heterocycles. The van der Waals surface area contributed by atoms with Gasteiger partial charge in [-0.25, -0.2) is 0 Å². The van der Waals surface area contributed by atoms with Gasteiger partial charge in [0, 0.05) is 6.54 Å². The van der Waals surface area contributed by atoms with E-state index in [0.29, 0.717) is 23.7 Å². The van der Waals surface area contributed by atoms with Gasteiger partial charge >= 0.3 is 5.97 Å². The lowest BCUT2D eigenvalue weighted by molar-refractivity contribution is -0.140. The number of rotatable bonds is 5. The monoisotopic (exact) mass is 539 g/mol. The van der Waals surface area contributed by atoms with Crippen molar-refractivity contribution in [2.24, 2.45) is 0 Å². The van der Waals surface area contributed by atoms with Gasteiger partial charge in [0.25, 0.3) is 5.91 Å². The number of carbonyl (C=O) groups is 3. The number of nitrogens with zero attached hydrogens (tertiary/aromatic N) is 2. The van der Waals surface area contributed by atoms with Crippen LogP contribution in [-0.4, -0.2) is 33.3 Å². The third kappa shape index (κ3) is 4.26. The van der Waals surface area contributed by atoms with Crippen LogP contribution in [-0.2, 0) is 20.9 Å². The summed E-state index contributed by atoms with van der Waals surface area (Å²) in [6.45, 7) is 4.14. The van der Waals surface area contributed by atoms with E-state index in [0.717, 1.165) is 5.56 Å². The van der Waals surface area contributed by atoms with Gasteiger partial charge in [-0.05, 0) is 43.7 Å². The van der Waals surface area contributed by atoms with Gasteiger partial charge < -0.3 is 19.7 Å². The van der Waals surface area contributed by atoms with Crippen molar-refractivity contribution in [1.82, 2.24) is 4.90 Å². The van der Waals surface area contributed by atoms with Gasteiger partial charge in [0.05, 0.1) is 44.5 Å². The molecule has 0 bridgehead atoms. The van der Waals surface area contributed by atoms with Crippen LogP contribution in [0.3, 0.4) is 0 Å². The van der Waals surface area contributed by atoms with Gasteiger partial charge in [-0.2, -0.15) is 0 Å². The highest BCUT2D eigenvalue weighted by Gasteiger charge is 2.52. The number of halogens is 2. The highest BCUT2D eigenvalue weighted by Crippen LogP contribution is 2.51. The molecule has 0 saturated heterocycles. The molecule has 1 atom stereocenters. The van der Waals surface area contributed by atoms with Gasteiger partial charge in [0.2, 0.25) is 5.91 Å². The van der Waals surface area contributed by atoms with E-state index in [1.54, 1.807) is 23.1 Å². The molecular weight excluding hydrogens is 517 g/mol. The Hall–Kier alpha value is -3.75. The van der Waals surface area contributed by atoms with Crippen molar-refractivity contribution in [3.05, 3.63) is 93.5 Å². The number of carboxylic acid groups (broad SMARTS) is 1. The van der Waals surface area contributed by atoms with E-state index in [1.807, 2.05) is 44.2 Å². The molecule has 0 fully saturated rings. The zero-order valence-corrected chi connectivity index (χ0v) is 21.5. The van der Waals surface area contributed by atoms with Gasteiger partial charge in [-0.15, -0.1) is 0 Å². The molecule has 190 valence electrons. The molecule has 1 aromatic heterocycles. The minimum atomic E-state index is -1.31. The number of benzene rings is 2. The number of carbonyl (C=O) groups excluding carboxylic acids is 2. The Bertz CT molecular complexity index is 1430. The summed E-state index contributed by atoms with van der Waals surface area (Å²) in [6, 6.07) is 14.9. The Morgan fingerprint density at radius 3 is 2.43 bits per heavy atom. The van der Waals surface area contributed by atoms with Crippen molar-refractivity contribution in [2.45, 2.75) is 38.4 Å². The molecule has 0 saturated carbocycles. The fourth-order valence-corrected chi connectivity index (χ4v) is 5.25. The second-order valence-corrected chi connectivity index (χ2v) is 10.2. The molecule has 2 aliphatic rings. The zero-order chi connectivity index (χ0) is 26.5. The van der Waals surface area contributed by atoms with Gasteiger partial charge in [0.1, 0.15) is 18.2 Å². The second kappa shape index (κ2) is 9.28. The number of amides is 2. The summed E-state index contributed by atoms with van der Waals surface area (Å²) in [5.74, 6) is -2.05. The maximum atomic E-state index is 14.2. The first kappa shape index (κ1) is 24.9. The first-order valence-corrected chi connectivity index (χ1v) is 12.3. The normalized spacial score (nSPS) is 18.3.